The molecule has 1 heterocycles. The minimum Gasteiger partial charge on any atom is -0.481 e. The number of hydrogen-bond donors (Lipinski definition) is 1. The summed E-state index contributed by atoms with van der Waals surface area (Å²) in [5.41, 5.74) is 0.710. The molecule has 1 aromatic rings. The van der Waals surface area contributed by atoms with E-state index in [1.807, 2.05) is 30.8 Å². The van der Waals surface area contributed by atoms with E-state index in [-0.39, 0.29) is 11.8 Å². The summed E-state index contributed by atoms with van der Waals surface area (Å²) in [4.78, 5) is 10.7. The van der Waals surface area contributed by atoms with Crippen LogP contribution in [0.2, 0.25) is 0 Å². The van der Waals surface area contributed by atoms with Gasteiger partial charge in [-0.05, 0) is 31.7 Å². The Bertz CT molecular complexity index is 367. The third-order valence-electron chi connectivity index (χ3n) is 2.48. The summed E-state index contributed by atoms with van der Waals surface area (Å²) in [5.74, 6) is -0.756. The van der Waals surface area contributed by atoms with Crippen LogP contribution in [0, 0.1) is 5.41 Å². The number of carboxylic acids is 1. The van der Waals surface area contributed by atoms with Gasteiger partial charge in [0.25, 0.3) is 0 Å². The molecule has 1 N–H and O–H groups in total. The van der Waals surface area contributed by atoms with Gasteiger partial charge in [-0.15, -0.1) is 0 Å². The molecule has 16 heavy (non-hydrogen) atoms. The molecule has 0 saturated carbocycles. The summed E-state index contributed by atoms with van der Waals surface area (Å²) >= 11 is 0. The van der Waals surface area contributed by atoms with Gasteiger partial charge in [0.2, 0.25) is 0 Å². The number of carboxylic acid groups (broad SMARTS) is 1. The van der Waals surface area contributed by atoms with Crippen molar-refractivity contribution in [2.45, 2.75) is 46.6 Å². The van der Waals surface area contributed by atoms with E-state index in [9.17, 15) is 4.79 Å². The quantitative estimate of drug-likeness (QED) is 0.836. The Hall–Kier alpha value is -1.32. The van der Waals surface area contributed by atoms with Gasteiger partial charge in [0.15, 0.2) is 0 Å². The SMILES string of the molecule is CC(C)n1ccc(CC(C)(C)CC(=O)O)n1. The van der Waals surface area contributed by atoms with Crippen molar-refractivity contribution in [1.82, 2.24) is 9.78 Å². The maximum atomic E-state index is 10.7. The lowest BCUT2D eigenvalue weighted by molar-refractivity contribution is -0.139. The molecule has 0 unspecified atom stereocenters. The maximum Gasteiger partial charge on any atom is 0.303 e. The normalized spacial score (nSPS) is 12.1. The predicted molar refractivity (Wildman–Crippen MR) is 62.3 cm³/mol. The van der Waals surface area contributed by atoms with Crippen molar-refractivity contribution in [3.63, 3.8) is 0 Å². The highest BCUT2D eigenvalue weighted by molar-refractivity contribution is 5.67. The highest BCUT2D eigenvalue weighted by atomic mass is 16.4. The van der Waals surface area contributed by atoms with Crippen LogP contribution in [0.15, 0.2) is 12.3 Å². The van der Waals surface area contributed by atoms with E-state index in [4.69, 9.17) is 5.11 Å². The fourth-order valence-corrected chi connectivity index (χ4v) is 1.72. The first kappa shape index (κ1) is 12.7. The summed E-state index contributed by atoms with van der Waals surface area (Å²) in [6.45, 7) is 8.05. The second-order valence-electron chi connectivity index (χ2n) is 5.29. The van der Waals surface area contributed by atoms with E-state index in [0.29, 0.717) is 12.5 Å². The summed E-state index contributed by atoms with van der Waals surface area (Å²) in [6, 6.07) is 2.31. The maximum absolute atomic E-state index is 10.7. The van der Waals surface area contributed by atoms with Crippen LogP contribution in [0.4, 0.5) is 0 Å². The van der Waals surface area contributed by atoms with Crippen molar-refractivity contribution in [2.24, 2.45) is 5.41 Å². The molecule has 0 aliphatic heterocycles. The molecule has 0 atom stereocenters. The van der Waals surface area contributed by atoms with Gasteiger partial charge < -0.3 is 5.11 Å². The molecule has 1 rings (SSSR count). The van der Waals surface area contributed by atoms with Crippen LogP contribution in [0.3, 0.4) is 0 Å². The lowest BCUT2D eigenvalue weighted by atomic mass is 9.84. The monoisotopic (exact) mass is 224 g/mol. The van der Waals surface area contributed by atoms with Crippen LogP contribution in [0.1, 0.15) is 45.9 Å². The molecule has 4 heteroatoms. The van der Waals surface area contributed by atoms with Crippen molar-refractivity contribution in [2.75, 3.05) is 0 Å². The number of carbonyl (C=O) groups is 1. The topological polar surface area (TPSA) is 55.1 Å². The third-order valence-corrected chi connectivity index (χ3v) is 2.48. The van der Waals surface area contributed by atoms with Gasteiger partial charge >= 0.3 is 5.97 Å². The molecule has 0 saturated heterocycles. The molecule has 90 valence electrons. The van der Waals surface area contributed by atoms with Crippen LogP contribution < -0.4 is 0 Å². The van der Waals surface area contributed by atoms with Crippen LogP contribution in [-0.4, -0.2) is 20.9 Å². The van der Waals surface area contributed by atoms with E-state index < -0.39 is 5.97 Å². The minimum absolute atomic E-state index is 0.168. The van der Waals surface area contributed by atoms with Gasteiger partial charge in [-0.25, -0.2) is 0 Å². The smallest absolute Gasteiger partial charge is 0.303 e. The van der Waals surface area contributed by atoms with E-state index >= 15 is 0 Å². The van der Waals surface area contributed by atoms with Gasteiger partial charge in [0, 0.05) is 12.2 Å². The zero-order chi connectivity index (χ0) is 12.3. The average molecular weight is 224 g/mol. The second kappa shape index (κ2) is 4.68. The molecule has 0 aliphatic rings. The molecule has 0 bridgehead atoms. The van der Waals surface area contributed by atoms with E-state index in [2.05, 4.69) is 18.9 Å². The molecule has 0 spiro atoms. The van der Waals surface area contributed by atoms with Crippen molar-refractivity contribution in [3.05, 3.63) is 18.0 Å². The Morgan fingerprint density at radius 2 is 2.19 bits per heavy atom. The van der Waals surface area contributed by atoms with Gasteiger partial charge in [-0.3, -0.25) is 9.48 Å². The lowest BCUT2D eigenvalue weighted by Gasteiger charge is -2.20. The van der Waals surface area contributed by atoms with Crippen molar-refractivity contribution < 1.29 is 9.90 Å². The molecular weight excluding hydrogens is 204 g/mol. The second-order valence-corrected chi connectivity index (χ2v) is 5.29. The van der Waals surface area contributed by atoms with Crippen LogP contribution in [0.5, 0.6) is 0 Å². The number of aliphatic carboxylic acids is 1. The first-order chi connectivity index (χ1) is 7.30. The Kier molecular flexibility index (Phi) is 3.73. The average Bonchev–Trinajstić information content (AvgIpc) is 2.48. The van der Waals surface area contributed by atoms with E-state index in [0.717, 1.165) is 5.69 Å². The van der Waals surface area contributed by atoms with Gasteiger partial charge in [0.1, 0.15) is 0 Å². The van der Waals surface area contributed by atoms with Gasteiger partial charge in [-0.1, -0.05) is 13.8 Å². The summed E-state index contributed by atoms with van der Waals surface area (Å²) in [7, 11) is 0. The highest BCUT2D eigenvalue weighted by Crippen LogP contribution is 2.25. The van der Waals surface area contributed by atoms with Crippen molar-refractivity contribution >= 4 is 5.97 Å². The number of aromatic nitrogens is 2. The first-order valence-corrected chi connectivity index (χ1v) is 5.56. The largest absolute Gasteiger partial charge is 0.481 e. The highest BCUT2D eigenvalue weighted by Gasteiger charge is 2.23. The molecule has 1 aromatic heterocycles. The zero-order valence-electron chi connectivity index (χ0n) is 10.4. The third kappa shape index (κ3) is 3.68. The molecule has 0 amide bonds. The van der Waals surface area contributed by atoms with Crippen molar-refractivity contribution in [3.8, 4) is 0 Å². The summed E-state index contributed by atoms with van der Waals surface area (Å²) in [5, 5.41) is 13.2. The minimum atomic E-state index is -0.756. The fourth-order valence-electron chi connectivity index (χ4n) is 1.72. The summed E-state index contributed by atoms with van der Waals surface area (Å²) < 4.78 is 1.90. The van der Waals surface area contributed by atoms with Gasteiger partial charge in [0.05, 0.1) is 12.1 Å². The predicted octanol–water partition coefficient (Wildman–Crippen LogP) is 2.51. The van der Waals surface area contributed by atoms with Crippen molar-refractivity contribution in [1.29, 1.82) is 0 Å². The van der Waals surface area contributed by atoms with Crippen LogP contribution in [0.25, 0.3) is 0 Å². The Morgan fingerprint density at radius 1 is 1.56 bits per heavy atom. The lowest BCUT2D eigenvalue weighted by Crippen LogP contribution is -2.20. The molecule has 0 fully saturated rings. The number of nitrogens with zero attached hydrogens (tertiary/aromatic N) is 2. The van der Waals surface area contributed by atoms with Gasteiger partial charge in [-0.2, -0.15) is 5.10 Å². The Morgan fingerprint density at radius 3 is 2.62 bits per heavy atom. The first-order valence-electron chi connectivity index (χ1n) is 5.56. The standard InChI is InChI=1S/C12H20N2O2/c1-9(2)14-6-5-10(13-14)7-12(3,4)8-11(15)16/h5-6,9H,7-8H2,1-4H3,(H,15,16). The summed E-state index contributed by atoms with van der Waals surface area (Å²) in [6.07, 6.45) is 2.80. The molecular formula is C12H20N2O2. The molecule has 0 radical (unpaired) electrons. The fraction of sp³-hybridized carbons (Fsp3) is 0.667. The number of hydrogen-bond acceptors (Lipinski definition) is 2. The Labute approximate surface area is 96.3 Å². The molecule has 4 nitrogen and oxygen atoms in total. The molecule has 0 aliphatic carbocycles. The zero-order valence-corrected chi connectivity index (χ0v) is 10.4. The van der Waals surface area contributed by atoms with E-state index in [1.165, 1.54) is 0 Å². The van der Waals surface area contributed by atoms with E-state index in [1.54, 1.807) is 0 Å². The van der Waals surface area contributed by atoms with Crippen LogP contribution in [-0.2, 0) is 11.2 Å². The molecule has 0 aromatic carbocycles. The Balaban J connectivity index is 2.68. The number of rotatable bonds is 5. The van der Waals surface area contributed by atoms with Crippen LogP contribution >= 0.6 is 0 Å².